The Labute approximate surface area is 144 Å². The Morgan fingerprint density at radius 1 is 1.16 bits per heavy atom. The van der Waals surface area contributed by atoms with Crippen LogP contribution in [-0.2, 0) is 20.7 Å². The maximum absolute atomic E-state index is 11.9. The van der Waals surface area contributed by atoms with Crippen molar-refractivity contribution < 1.29 is 28.3 Å². The highest BCUT2D eigenvalue weighted by Gasteiger charge is 2.13. The molecule has 0 aliphatic carbocycles. The molecule has 8 heteroatoms. The van der Waals surface area contributed by atoms with E-state index in [0.29, 0.717) is 11.3 Å². The molecule has 0 aliphatic rings. The Hall–Kier alpha value is -3.29. The molecule has 0 atom stereocenters. The van der Waals surface area contributed by atoms with Crippen molar-refractivity contribution in [2.45, 2.75) is 13.3 Å². The van der Waals surface area contributed by atoms with Crippen molar-refractivity contribution in [3.8, 4) is 5.75 Å². The average Bonchev–Trinajstić information content (AvgIpc) is 3.13. The number of esters is 1. The van der Waals surface area contributed by atoms with Crippen LogP contribution in [0.4, 0.5) is 0 Å². The minimum Gasteiger partial charge on any atom is -0.496 e. The zero-order valence-electron chi connectivity index (χ0n) is 13.8. The van der Waals surface area contributed by atoms with Gasteiger partial charge in [-0.15, -0.1) is 0 Å². The van der Waals surface area contributed by atoms with Gasteiger partial charge in [0.05, 0.1) is 19.8 Å². The minimum atomic E-state index is -0.676. The molecule has 1 heterocycles. The number of nitrogens with one attached hydrogen (secondary N) is 2. The van der Waals surface area contributed by atoms with E-state index in [1.165, 1.54) is 25.5 Å². The number of amides is 2. The molecule has 2 N–H and O–H groups in total. The summed E-state index contributed by atoms with van der Waals surface area (Å²) in [5, 5.41) is 0. The number of carbonyl (C=O) groups excluding carboxylic acids is 3. The number of benzene rings is 1. The molecule has 0 radical (unpaired) electrons. The highest BCUT2D eigenvalue weighted by Crippen LogP contribution is 2.20. The van der Waals surface area contributed by atoms with Crippen molar-refractivity contribution in [2.75, 3.05) is 13.7 Å². The van der Waals surface area contributed by atoms with Gasteiger partial charge in [0.1, 0.15) is 5.75 Å². The van der Waals surface area contributed by atoms with Gasteiger partial charge in [-0.2, -0.15) is 0 Å². The first-order valence-corrected chi connectivity index (χ1v) is 7.41. The topological polar surface area (TPSA) is 107 Å². The highest BCUT2D eigenvalue weighted by molar-refractivity contribution is 5.93. The fraction of sp³-hybridized carbons (Fsp3) is 0.235. The molecule has 2 amide bonds. The van der Waals surface area contributed by atoms with E-state index in [-0.39, 0.29) is 12.2 Å². The Morgan fingerprint density at radius 2 is 1.96 bits per heavy atom. The summed E-state index contributed by atoms with van der Waals surface area (Å²) in [6.07, 6.45) is 1.30. The average molecular weight is 346 g/mol. The zero-order chi connectivity index (χ0) is 18.2. The molecule has 0 fully saturated rings. The van der Waals surface area contributed by atoms with Gasteiger partial charge in [0, 0.05) is 5.56 Å². The van der Waals surface area contributed by atoms with Crippen molar-refractivity contribution in [2.24, 2.45) is 0 Å². The number of aryl methyl sites for hydroxylation is 1. The lowest BCUT2D eigenvalue weighted by Gasteiger charge is -2.10. The van der Waals surface area contributed by atoms with Crippen molar-refractivity contribution in [1.82, 2.24) is 10.9 Å². The lowest BCUT2D eigenvalue weighted by Crippen LogP contribution is -2.43. The molecule has 8 nitrogen and oxygen atoms in total. The van der Waals surface area contributed by atoms with Gasteiger partial charge in [0.25, 0.3) is 5.91 Å². The maximum Gasteiger partial charge on any atom is 0.310 e. The van der Waals surface area contributed by atoms with Crippen LogP contribution in [0.1, 0.15) is 21.7 Å². The second-order valence-electron chi connectivity index (χ2n) is 5.13. The molecule has 1 aromatic carbocycles. The molecule has 25 heavy (non-hydrogen) atoms. The Kier molecular flexibility index (Phi) is 6.16. The Morgan fingerprint density at radius 3 is 2.64 bits per heavy atom. The molecule has 2 aromatic rings. The summed E-state index contributed by atoms with van der Waals surface area (Å²) in [5.41, 5.74) is 5.90. The molecule has 0 aliphatic heterocycles. The van der Waals surface area contributed by atoms with E-state index in [1.807, 2.05) is 19.1 Å². The number of hydrogen-bond acceptors (Lipinski definition) is 6. The van der Waals surface area contributed by atoms with E-state index in [9.17, 15) is 14.4 Å². The molecule has 0 unspecified atom stereocenters. The van der Waals surface area contributed by atoms with Gasteiger partial charge in [0.15, 0.2) is 12.4 Å². The van der Waals surface area contributed by atoms with E-state index in [2.05, 4.69) is 10.9 Å². The molecule has 0 bridgehead atoms. The van der Waals surface area contributed by atoms with Crippen molar-refractivity contribution >= 4 is 17.8 Å². The highest BCUT2D eigenvalue weighted by atomic mass is 16.5. The van der Waals surface area contributed by atoms with Crippen LogP contribution >= 0.6 is 0 Å². The van der Waals surface area contributed by atoms with E-state index < -0.39 is 24.4 Å². The molecular weight excluding hydrogens is 328 g/mol. The van der Waals surface area contributed by atoms with E-state index in [1.54, 1.807) is 6.07 Å². The first-order chi connectivity index (χ1) is 12.0. The van der Waals surface area contributed by atoms with Gasteiger partial charge in [-0.3, -0.25) is 25.2 Å². The van der Waals surface area contributed by atoms with Crippen LogP contribution in [-0.4, -0.2) is 31.5 Å². The molecular formula is C17H18N2O6. The third-order valence-electron chi connectivity index (χ3n) is 3.20. The SMILES string of the molecule is COc1ccc(C)cc1CC(=O)OCC(=O)NNC(=O)c1ccco1. The molecule has 0 spiro atoms. The predicted molar refractivity (Wildman–Crippen MR) is 86.7 cm³/mol. The lowest BCUT2D eigenvalue weighted by atomic mass is 10.1. The third kappa shape index (κ3) is 5.38. The van der Waals surface area contributed by atoms with Crippen LogP contribution in [0.5, 0.6) is 5.75 Å². The maximum atomic E-state index is 11.9. The van der Waals surface area contributed by atoms with Gasteiger partial charge >= 0.3 is 11.9 Å². The monoisotopic (exact) mass is 346 g/mol. The molecule has 2 rings (SSSR count). The summed E-state index contributed by atoms with van der Waals surface area (Å²) in [6.45, 7) is 1.37. The van der Waals surface area contributed by atoms with Crippen molar-refractivity contribution in [1.29, 1.82) is 0 Å². The lowest BCUT2D eigenvalue weighted by molar-refractivity contribution is -0.148. The fourth-order valence-corrected chi connectivity index (χ4v) is 2.03. The standard InChI is InChI=1S/C17H18N2O6/c1-11-5-6-13(23-2)12(8-11)9-16(21)25-10-15(20)18-19-17(22)14-4-3-7-24-14/h3-8H,9-10H2,1-2H3,(H,18,20)(H,19,22). The zero-order valence-corrected chi connectivity index (χ0v) is 13.8. The summed E-state index contributed by atoms with van der Waals surface area (Å²) < 4.78 is 14.9. The Bertz CT molecular complexity index is 755. The number of hydrazine groups is 1. The van der Waals surface area contributed by atoms with Crippen LogP contribution in [0.3, 0.4) is 0 Å². The summed E-state index contributed by atoms with van der Waals surface area (Å²) in [6, 6.07) is 8.41. The number of ether oxygens (including phenoxy) is 2. The number of carbonyl (C=O) groups is 3. The van der Waals surface area contributed by atoms with Gasteiger partial charge < -0.3 is 13.9 Å². The number of hydrogen-bond donors (Lipinski definition) is 2. The van der Waals surface area contributed by atoms with Crippen LogP contribution in [0.2, 0.25) is 0 Å². The van der Waals surface area contributed by atoms with Crippen molar-refractivity contribution in [3.05, 3.63) is 53.5 Å². The second-order valence-corrected chi connectivity index (χ2v) is 5.13. The molecule has 1 aromatic heterocycles. The van der Waals surface area contributed by atoms with E-state index >= 15 is 0 Å². The minimum absolute atomic E-state index is 0.0309. The van der Waals surface area contributed by atoms with Gasteiger partial charge in [-0.1, -0.05) is 17.7 Å². The van der Waals surface area contributed by atoms with E-state index in [0.717, 1.165) is 5.56 Å². The van der Waals surface area contributed by atoms with Crippen molar-refractivity contribution in [3.63, 3.8) is 0 Å². The summed E-state index contributed by atoms with van der Waals surface area (Å²) in [5.74, 6) is -1.27. The fourth-order valence-electron chi connectivity index (χ4n) is 2.03. The smallest absolute Gasteiger partial charge is 0.310 e. The first-order valence-electron chi connectivity index (χ1n) is 7.41. The number of furan rings is 1. The van der Waals surface area contributed by atoms with Gasteiger partial charge in [-0.25, -0.2) is 0 Å². The van der Waals surface area contributed by atoms with Gasteiger partial charge in [-0.05, 0) is 25.1 Å². The third-order valence-corrected chi connectivity index (χ3v) is 3.20. The predicted octanol–water partition coefficient (Wildman–Crippen LogP) is 1.14. The molecule has 0 saturated carbocycles. The quantitative estimate of drug-likeness (QED) is 0.600. The van der Waals surface area contributed by atoms with Crippen LogP contribution in [0.15, 0.2) is 41.0 Å². The largest absolute Gasteiger partial charge is 0.496 e. The number of methoxy groups -OCH3 is 1. The van der Waals surface area contributed by atoms with E-state index in [4.69, 9.17) is 13.9 Å². The van der Waals surface area contributed by atoms with Crippen LogP contribution in [0, 0.1) is 6.92 Å². The first kappa shape index (κ1) is 18.1. The molecule has 132 valence electrons. The molecule has 0 saturated heterocycles. The van der Waals surface area contributed by atoms with Gasteiger partial charge in [0.2, 0.25) is 0 Å². The number of rotatable bonds is 6. The summed E-state index contributed by atoms with van der Waals surface area (Å²) in [4.78, 5) is 35.0. The van der Waals surface area contributed by atoms with Crippen LogP contribution < -0.4 is 15.6 Å². The summed E-state index contributed by atoms with van der Waals surface area (Å²) in [7, 11) is 1.51. The Balaban J connectivity index is 1.77. The van der Waals surface area contributed by atoms with Crippen LogP contribution in [0.25, 0.3) is 0 Å². The second kappa shape index (κ2) is 8.53. The normalized spacial score (nSPS) is 10.0. The summed E-state index contributed by atoms with van der Waals surface area (Å²) >= 11 is 0.